The fourth-order valence-electron chi connectivity index (χ4n) is 7.28. The van der Waals surface area contributed by atoms with E-state index in [4.69, 9.17) is 15.0 Å². The van der Waals surface area contributed by atoms with Gasteiger partial charge >= 0.3 is 0 Å². The smallest absolute Gasteiger partial charge is 0.227 e. The molecule has 192 valence electrons. The van der Waals surface area contributed by atoms with Gasteiger partial charge in [0.15, 0.2) is 0 Å². The monoisotopic (exact) mass is 471 g/mol. The lowest BCUT2D eigenvalue weighted by Crippen LogP contribution is -2.60. The lowest BCUT2D eigenvalue weighted by Gasteiger charge is -2.47. The van der Waals surface area contributed by atoms with E-state index >= 15 is 0 Å². The first kappa shape index (κ1) is 25.6. The Labute approximate surface area is 207 Å². The molecule has 4 rings (SSSR count). The Kier molecular flexibility index (Phi) is 6.93. The summed E-state index contributed by atoms with van der Waals surface area (Å²) in [6, 6.07) is 0.662. The van der Waals surface area contributed by atoms with Crippen LogP contribution in [-0.2, 0) is 0 Å². The number of aromatic nitrogens is 3. The summed E-state index contributed by atoms with van der Waals surface area (Å²) >= 11 is 0. The van der Waals surface area contributed by atoms with E-state index < -0.39 is 0 Å². The Morgan fingerprint density at radius 3 is 1.35 bits per heavy atom. The van der Waals surface area contributed by atoms with E-state index in [0.717, 1.165) is 43.4 Å². The number of hydrogen-bond donors (Lipinski definition) is 4. The molecule has 0 aromatic carbocycles. The molecule has 0 atom stereocenters. The molecule has 2 aliphatic heterocycles. The summed E-state index contributed by atoms with van der Waals surface area (Å²) in [7, 11) is 0. The minimum atomic E-state index is 0.0754. The maximum Gasteiger partial charge on any atom is 0.227 e. The molecular formula is C27H49N7. The predicted octanol–water partition coefficient (Wildman–Crippen LogP) is 5.36. The average Bonchev–Trinajstić information content (AvgIpc) is 2.63. The standard InChI is InChI=1S/C27H49N7/c1-24(2)14-19(15-25(3,4)33-24)28-22-30-21(18-12-10-9-11-13-18)31-23(32-22)29-20-16-26(5,6)34-27(7,8)17-20/h18-20,33-34H,9-17H2,1-8H3,(H2,28,29,30,31,32). The van der Waals surface area contributed by atoms with Gasteiger partial charge in [0.25, 0.3) is 0 Å². The minimum absolute atomic E-state index is 0.0754. The first-order chi connectivity index (χ1) is 15.7. The molecule has 1 saturated carbocycles. The van der Waals surface area contributed by atoms with Crippen LogP contribution in [0.3, 0.4) is 0 Å². The Morgan fingerprint density at radius 1 is 0.588 bits per heavy atom. The van der Waals surface area contributed by atoms with Gasteiger partial charge in [-0.25, -0.2) is 0 Å². The summed E-state index contributed by atoms with van der Waals surface area (Å²) in [5.41, 5.74) is 0.302. The van der Waals surface area contributed by atoms with Gasteiger partial charge in [-0.3, -0.25) is 0 Å². The Bertz CT molecular complexity index is 764. The van der Waals surface area contributed by atoms with Crippen molar-refractivity contribution in [2.24, 2.45) is 0 Å². The van der Waals surface area contributed by atoms with E-state index in [-0.39, 0.29) is 22.2 Å². The van der Waals surface area contributed by atoms with Crippen LogP contribution in [0.5, 0.6) is 0 Å². The van der Waals surface area contributed by atoms with Gasteiger partial charge in [0.1, 0.15) is 5.82 Å². The van der Waals surface area contributed by atoms with E-state index in [0.29, 0.717) is 18.0 Å². The highest BCUT2D eigenvalue weighted by Crippen LogP contribution is 2.34. The third-order valence-electron chi connectivity index (χ3n) is 7.67. The summed E-state index contributed by atoms with van der Waals surface area (Å²) in [6.45, 7) is 18.3. The van der Waals surface area contributed by atoms with E-state index in [1.807, 2.05) is 0 Å². The summed E-state index contributed by atoms with van der Waals surface area (Å²) in [5, 5.41) is 15.0. The number of piperidine rings is 2. The van der Waals surface area contributed by atoms with E-state index in [1.165, 1.54) is 32.1 Å². The van der Waals surface area contributed by atoms with Crippen LogP contribution in [0.15, 0.2) is 0 Å². The number of hydrogen-bond acceptors (Lipinski definition) is 7. The van der Waals surface area contributed by atoms with Gasteiger partial charge in [0, 0.05) is 40.2 Å². The van der Waals surface area contributed by atoms with Crippen molar-refractivity contribution < 1.29 is 0 Å². The molecule has 3 heterocycles. The van der Waals surface area contributed by atoms with E-state index in [2.05, 4.69) is 76.7 Å². The van der Waals surface area contributed by atoms with Crippen molar-refractivity contribution in [3.05, 3.63) is 5.82 Å². The average molecular weight is 472 g/mol. The van der Waals surface area contributed by atoms with Crippen LogP contribution in [0, 0.1) is 0 Å². The number of nitrogens with one attached hydrogen (secondary N) is 4. The summed E-state index contributed by atoms with van der Waals surface area (Å²) < 4.78 is 0. The number of anilines is 2. The zero-order valence-electron chi connectivity index (χ0n) is 22.9. The topological polar surface area (TPSA) is 86.8 Å². The molecule has 1 aliphatic carbocycles. The SMILES string of the molecule is CC1(C)CC(Nc2nc(NC3CC(C)(C)NC(C)(C)C3)nc(C3CCCCC3)n2)CC(C)(C)N1. The molecule has 7 heteroatoms. The van der Waals surface area contributed by atoms with Crippen LogP contribution in [0.4, 0.5) is 11.9 Å². The van der Waals surface area contributed by atoms with Gasteiger partial charge in [0.2, 0.25) is 11.9 Å². The molecule has 0 amide bonds. The van der Waals surface area contributed by atoms with Crippen molar-refractivity contribution in [3.8, 4) is 0 Å². The number of rotatable bonds is 5. The second-order valence-electron chi connectivity index (χ2n) is 14.0. The number of nitrogens with zero attached hydrogens (tertiary/aromatic N) is 3. The predicted molar refractivity (Wildman–Crippen MR) is 142 cm³/mol. The van der Waals surface area contributed by atoms with Gasteiger partial charge < -0.3 is 21.3 Å². The molecule has 34 heavy (non-hydrogen) atoms. The molecule has 3 fully saturated rings. The molecule has 4 N–H and O–H groups in total. The third kappa shape index (κ3) is 6.81. The molecule has 1 aromatic rings. The normalized spacial score (nSPS) is 27.3. The Morgan fingerprint density at radius 2 is 0.971 bits per heavy atom. The van der Waals surface area contributed by atoms with E-state index in [1.54, 1.807) is 0 Å². The zero-order valence-corrected chi connectivity index (χ0v) is 22.9. The lowest BCUT2D eigenvalue weighted by molar-refractivity contribution is 0.170. The molecule has 3 aliphatic rings. The maximum atomic E-state index is 4.99. The van der Waals surface area contributed by atoms with Crippen LogP contribution in [0.2, 0.25) is 0 Å². The highest BCUT2D eigenvalue weighted by Gasteiger charge is 2.39. The van der Waals surface area contributed by atoms with Crippen molar-refractivity contribution in [1.82, 2.24) is 25.6 Å². The quantitative estimate of drug-likeness (QED) is 0.460. The van der Waals surface area contributed by atoms with Crippen LogP contribution < -0.4 is 21.3 Å². The van der Waals surface area contributed by atoms with Crippen LogP contribution in [-0.4, -0.2) is 49.2 Å². The molecule has 2 saturated heterocycles. The maximum absolute atomic E-state index is 4.99. The van der Waals surface area contributed by atoms with Gasteiger partial charge in [-0.15, -0.1) is 0 Å². The summed E-state index contributed by atoms with van der Waals surface area (Å²) in [6.07, 6.45) is 10.4. The van der Waals surface area contributed by atoms with Crippen LogP contribution in [0.25, 0.3) is 0 Å². The molecule has 0 unspecified atom stereocenters. The van der Waals surface area contributed by atoms with Crippen molar-refractivity contribution >= 4 is 11.9 Å². The van der Waals surface area contributed by atoms with Crippen molar-refractivity contribution in [1.29, 1.82) is 0 Å². The minimum Gasteiger partial charge on any atom is -0.351 e. The van der Waals surface area contributed by atoms with Crippen molar-refractivity contribution in [2.45, 2.75) is 153 Å². The van der Waals surface area contributed by atoms with Gasteiger partial charge in [-0.2, -0.15) is 15.0 Å². The van der Waals surface area contributed by atoms with Crippen LogP contribution >= 0.6 is 0 Å². The third-order valence-corrected chi connectivity index (χ3v) is 7.67. The largest absolute Gasteiger partial charge is 0.351 e. The first-order valence-corrected chi connectivity index (χ1v) is 13.6. The first-order valence-electron chi connectivity index (χ1n) is 13.6. The Hall–Kier alpha value is -1.47. The zero-order chi connectivity index (χ0) is 24.8. The molecule has 0 radical (unpaired) electrons. The van der Waals surface area contributed by atoms with Crippen molar-refractivity contribution in [2.75, 3.05) is 10.6 Å². The second kappa shape index (κ2) is 9.20. The Balaban J connectivity index is 1.58. The van der Waals surface area contributed by atoms with Crippen molar-refractivity contribution in [3.63, 3.8) is 0 Å². The highest BCUT2D eigenvalue weighted by molar-refractivity contribution is 5.38. The molecule has 0 spiro atoms. The highest BCUT2D eigenvalue weighted by atomic mass is 15.2. The summed E-state index contributed by atoms with van der Waals surface area (Å²) in [4.78, 5) is 14.9. The fraction of sp³-hybridized carbons (Fsp3) is 0.889. The summed E-state index contributed by atoms with van der Waals surface area (Å²) in [5.74, 6) is 2.90. The van der Waals surface area contributed by atoms with Crippen LogP contribution in [0.1, 0.15) is 125 Å². The van der Waals surface area contributed by atoms with Gasteiger partial charge in [-0.1, -0.05) is 19.3 Å². The second-order valence-corrected chi connectivity index (χ2v) is 14.0. The fourth-order valence-corrected chi connectivity index (χ4v) is 7.28. The molecular weight excluding hydrogens is 422 g/mol. The van der Waals surface area contributed by atoms with Gasteiger partial charge in [-0.05, 0) is 93.9 Å². The molecule has 7 nitrogen and oxygen atoms in total. The molecule has 1 aromatic heterocycles. The lowest BCUT2D eigenvalue weighted by atomic mass is 9.79. The molecule has 0 bridgehead atoms. The van der Waals surface area contributed by atoms with E-state index in [9.17, 15) is 0 Å². The van der Waals surface area contributed by atoms with Gasteiger partial charge in [0.05, 0.1) is 0 Å².